The lowest BCUT2D eigenvalue weighted by Crippen LogP contribution is -2.29. The van der Waals surface area contributed by atoms with E-state index in [0.717, 1.165) is 25.9 Å². The molecular weight excluding hydrogens is 372 g/mol. The number of nitrogens with zero attached hydrogens (tertiary/aromatic N) is 4. The molecule has 0 aliphatic carbocycles. The van der Waals surface area contributed by atoms with Crippen molar-refractivity contribution in [3.8, 4) is 0 Å². The van der Waals surface area contributed by atoms with Crippen LogP contribution < -0.4 is 10.6 Å². The van der Waals surface area contributed by atoms with Crippen molar-refractivity contribution in [3.63, 3.8) is 0 Å². The van der Waals surface area contributed by atoms with E-state index in [1.54, 1.807) is 36.2 Å². The number of nitrogens with one attached hydrogen (secondary N) is 2. The van der Waals surface area contributed by atoms with Crippen molar-refractivity contribution in [2.24, 2.45) is 0 Å². The van der Waals surface area contributed by atoms with E-state index in [1.165, 1.54) is 0 Å². The van der Waals surface area contributed by atoms with Crippen molar-refractivity contribution in [2.45, 2.75) is 25.5 Å². The molecule has 0 spiro atoms. The molecule has 27 heavy (non-hydrogen) atoms. The summed E-state index contributed by atoms with van der Waals surface area (Å²) in [6.07, 6.45) is 3.67. The maximum Gasteiger partial charge on any atom is 0.277 e. The minimum atomic E-state index is -0.301. The Balaban J connectivity index is 0.00000210. The average Bonchev–Trinajstić information content (AvgIpc) is 3.29. The zero-order valence-corrected chi connectivity index (χ0v) is 15.7. The van der Waals surface area contributed by atoms with Gasteiger partial charge in [-0.3, -0.25) is 4.79 Å². The fourth-order valence-corrected chi connectivity index (χ4v) is 3.06. The van der Waals surface area contributed by atoms with Crippen LogP contribution in [0.5, 0.6) is 0 Å². The number of ether oxygens (including phenoxy) is 1. The van der Waals surface area contributed by atoms with E-state index in [0.29, 0.717) is 35.0 Å². The second-order valence-electron chi connectivity index (χ2n) is 6.24. The zero-order chi connectivity index (χ0) is 17.9. The lowest BCUT2D eigenvalue weighted by Gasteiger charge is -2.22. The number of benzene rings is 1. The van der Waals surface area contributed by atoms with Gasteiger partial charge in [0.25, 0.3) is 5.91 Å². The van der Waals surface area contributed by atoms with Gasteiger partial charge in [-0.25, -0.2) is 9.67 Å². The molecule has 1 aliphatic rings. The van der Waals surface area contributed by atoms with Crippen LogP contribution in [0.3, 0.4) is 0 Å². The second-order valence-corrected chi connectivity index (χ2v) is 6.24. The predicted octanol–water partition coefficient (Wildman–Crippen LogP) is 2.16. The minimum absolute atomic E-state index is 0. The SMILES string of the molecule is COCc1nc2cc(NC(=O)c3cn(C4CCNCC4)nn3)ccc2o1.Cl. The second kappa shape index (κ2) is 8.47. The molecule has 1 amide bonds. The predicted molar refractivity (Wildman–Crippen MR) is 101 cm³/mol. The molecule has 1 aliphatic heterocycles. The van der Waals surface area contributed by atoms with E-state index >= 15 is 0 Å². The summed E-state index contributed by atoms with van der Waals surface area (Å²) in [7, 11) is 1.58. The Kier molecular flexibility index (Phi) is 6.04. The molecule has 3 heterocycles. The van der Waals surface area contributed by atoms with Gasteiger partial charge in [-0.15, -0.1) is 17.5 Å². The van der Waals surface area contributed by atoms with E-state index < -0.39 is 0 Å². The Bertz CT molecular complexity index is 918. The lowest BCUT2D eigenvalue weighted by molar-refractivity contribution is 0.102. The van der Waals surface area contributed by atoms with Gasteiger partial charge in [-0.2, -0.15) is 0 Å². The number of amides is 1. The smallest absolute Gasteiger partial charge is 0.277 e. The number of aromatic nitrogens is 4. The van der Waals surface area contributed by atoms with E-state index in [2.05, 4.69) is 25.9 Å². The van der Waals surface area contributed by atoms with Crippen molar-refractivity contribution < 1.29 is 13.9 Å². The Morgan fingerprint density at radius 1 is 1.41 bits per heavy atom. The molecule has 0 unspecified atom stereocenters. The number of hydrogen-bond donors (Lipinski definition) is 2. The van der Waals surface area contributed by atoms with Gasteiger partial charge >= 0.3 is 0 Å². The van der Waals surface area contributed by atoms with Crippen molar-refractivity contribution in [1.29, 1.82) is 0 Å². The normalized spacial score (nSPS) is 14.9. The molecule has 1 aromatic carbocycles. The first-order chi connectivity index (χ1) is 12.7. The van der Waals surface area contributed by atoms with Crippen molar-refractivity contribution in [3.05, 3.63) is 36.0 Å². The molecule has 4 rings (SSSR count). The summed E-state index contributed by atoms with van der Waals surface area (Å²) in [5.41, 5.74) is 2.22. The number of fused-ring (bicyclic) bond motifs is 1. The molecule has 144 valence electrons. The number of methoxy groups -OCH3 is 1. The third kappa shape index (κ3) is 4.26. The van der Waals surface area contributed by atoms with Gasteiger partial charge in [0.2, 0.25) is 5.89 Å². The monoisotopic (exact) mass is 392 g/mol. The summed E-state index contributed by atoms with van der Waals surface area (Å²) >= 11 is 0. The summed E-state index contributed by atoms with van der Waals surface area (Å²) < 4.78 is 12.3. The van der Waals surface area contributed by atoms with Crippen molar-refractivity contribution in [1.82, 2.24) is 25.3 Å². The molecule has 9 nitrogen and oxygen atoms in total. The van der Waals surface area contributed by atoms with Crippen LogP contribution in [0.2, 0.25) is 0 Å². The highest BCUT2D eigenvalue weighted by Crippen LogP contribution is 2.21. The molecule has 0 bridgehead atoms. The molecule has 1 saturated heterocycles. The largest absolute Gasteiger partial charge is 0.438 e. The fraction of sp³-hybridized carbons (Fsp3) is 0.412. The third-order valence-electron chi connectivity index (χ3n) is 4.38. The van der Waals surface area contributed by atoms with Crippen LogP contribution in [-0.4, -0.2) is 46.1 Å². The lowest BCUT2D eigenvalue weighted by atomic mass is 10.1. The molecule has 1 fully saturated rings. The van der Waals surface area contributed by atoms with E-state index in [4.69, 9.17) is 9.15 Å². The number of anilines is 1. The van der Waals surface area contributed by atoms with Gasteiger partial charge in [0.05, 0.1) is 12.2 Å². The molecule has 2 N–H and O–H groups in total. The Morgan fingerprint density at radius 3 is 3.00 bits per heavy atom. The Labute approximate surface area is 161 Å². The summed E-state index contributed by atoms with van der Waals surface area (Å²) in [6, 6.07) is 5.57. The van der Waals surface area contributed by atoms with Crippen LogP contribution in [-0.2, 0) is 11.3 Å². The number of hydrogen-bond acceptors (Lipinski definition) is 7. The Morgan fingerprint density at radius 2 is 2.22 bits per heavy atom. The first-order valence-corrected chi connectivity index (χ1v) is 8.55. The zero-order valence-electron chi connectivity index (χ0n) is 14.8. The van der Waals surface area contributed by atoms with Gasteiger partial charge < -0.3 is 19.8 Å². The van der Waals surface area contributed by atoms with Gasteiger partial charge in [-0.1, -0.05) is 5.21 Å². The number of rotatable bonds is 5. The maximum absolute atomic E-state index is 12.5. The van der Waals surface area contributed by atoms with Crippen LogP contribution in [0.25, 0.3) is 11.1 Å². The van der Waals surface area contributed by atoms with Crippen molar-refractivity contribution in [2.75, 3.05) is 25.5 Å². The van der Waals surface area contributed by atoms with Gasteiger partial charge in [0.1, 0.15) is 12.1 Å². The summed E-state index contributed by atoms with van der Waals surface area (Å²) in [5.74, 6) is 0.195. The van der Waals surface area contributed by atoms with Crippen LogP contribution >= 0.6 is 12.4 Å². The van der Waals surface area contributed by atoms with Gasteiger partial charge in [0, 0.05) is 12.8 Å². The van der Waals surface area contributed by atoms with Gasteiger partial charge in [0.15, 0.2) is 11.3 Å². The maximum atomic E-state index is 12.5. The molecule has 0 atom stereocenters. The summed E-state index contributed by atoms with van der Waals surface area (Å²) in [4.78, 5) is 16.8. The van der Waals surface area contributed by atoms with Crippen LogP contribution in [0, 0.1) is 0 Å². The minimum Gasteiger partial charge on any atom is -0.438 e. The topological polar surface area (TPSA) is 107 Å². The molecule has 10 heteroatoms. The van der Waals surface area contributed by atoms with Crippen LogP contribution in [0.15, 0.2) is 28.8 Å². The number of halogens is 1. The number of carbonyl (C=O) groups excluding carboxylic acids is 1. The summed E-state index contributed by atoms with van der Waals surface area (Å²) in [5, 5.41) is 14.3. The molecular formula is C17H21ClN6O3. The highest BCUT2D eigenvalue weighted by Gasteiger charge is 2.19. The number of oxazole rings is 1. The molecule has 0 radical (unpaired) electrons. The fourth-order valence-electron chi connectivity index (χ4n) is 3.06. The quantitative estimate of drug-likeness (QED) is 0.685. The number of carbonyl (C=O) groups is 1. The number of piperidine rings is 1. The third-order valence-corrected chi connectivity index (χ3v) is 4.38. The first kappa shape index (κ1) is 19.3. The molecule has 3 aromatic rings. The molecule has 2 aromatic heterocycles. The summed E-state index contributed by atoms with van der Waals surface area (Å²) in [6.45, 7) is 2.21. The van der Waals surface area contributed by atoms with E-state index in [1.807, 2.05) is 0 Å². The van der Waals surface area contributed by atoms with E-state index in [9.17, 15) is 4.79 Å². The highest BCUT2D eigenvalue weighted by atomic mass is 35.5. The first-order valence-electron chi connectivity index (χ1n) is 8.55. The van der Waals surface area contributed by atoms with Crippen molar-refractivity contribution >= 4 is 35.1 Å². The van der Waals surface area contributed by atoms with Gasteiger partial charge in [-0.05, 0) is 44.1 Å². The standard InChI is InChI=1S/C17H20N6O3.ClH/c1-25-10-16-20-13-8-11(2-3-15(13)26-16)19-17(24)14-9-23(22-21-14)12-4-6-18-7-5-12;/h2-3,8-9,12,18H,4-7,10H2,1H3,(H,19,24);1H. The van der Waals surface area contributed by atoms with E-state index in [-0.39, 0.29) is 24.4 Å². The highest BCUT2D eigenvalue weighted by molar-refractivity contribution is 6.03. The Hall–Kier alpha value is -2.49. The average molecular weight is 393 g/mol. The van der Waals surface area contributed by atoms with Crippen LogP contribution in [0.1, 0.15) is 35.3 Å². The van der Waals surface area contributed by atoms with Crippen LogP contribution in [0.4, 0.5) is 5.69 Å². The molecule has 0 saturated carbocycles.